The van der Waals surface area contributed by atoms with Crippen LogP contribution in [0.25, 0.3) is 0 Å². The molecule has 1 fully saturated rings. The van der Waals surface area contributed by atoms with Crippen LogP contribution >= 0.6 is 0 Å². The molecule has 0 bridgehead atoms. The van der Waals surface area contributed by atoms with Crippen molar-refractivity contribution in [2.75, 3.05) is 51.5 Å². The number of carbonyl (C=O) groups is 1. The first-order valence-electron chi connectivity index (χ1n) is 9.60. The van der Waals surface area contributed by atoms with Gasteiger partial charge in [-0.1, -0.05) is 6.07 Å². The molecule has 1 amide bonds. The third kappa shape index (κ3) is 4.37. The van der Waals surface area contributed by atoms with Gasteiger partial charge >= 0.3 is 6.09 Å². The van der Waals surface area contributed by atoms with Crippen LogP contribution in [0.2, 0.25) is 0 Å². The van der Waals surface area contributed by atoms with E-state index in [0.29, 0.717) is 6.54 Å². The number of hydrogen-bond donors (Lipinski definition) is 1. The van der Waals surface area contributed by atoms with E-state index >= 15 is 0 Å². The Morgan fingerprint density at radius 1 is 1.10 bits per heavy atom. The van der Waals surface area contributed by atoms with Gasteiger partial charge in [-0.05, 0) is 42.0 Å². The van der Waals surface area contributed by atoms with Crippen molar-refractivity contribution in [1.29, 1.82) is 0 Å². The summed E-state index contributed by atoms with van der Waals surface area (Å²) < 4.78 is 28.8. The highest BCUT2D eigenvalue weighted by atomic mass is 19.1. The molecule has 4 rings (SSSR count). The number of fused-ring (bicyclic) bond motifs is 1. The molecule has 29 heavy (non-hydrogen) atoms. The molecule has 1 unspecified atom stereocenters. The molecule has 2 aromatic carbocycles. The molecule has 154 valence electrons. The molecule has 0 aliphatic carbocycles. The lowest BCUT2D eigenvalue weighted by Gasteiger charge is -2.40. The number of amides is 1. The van der Waals surface area contributed by atoms with Crippen molar-refractivity contribution in [3.63, 3.8) is 0 Å². The third-order valence-electron chi connectivity index (χ3n) is 5.35. The van der Waals surface area contributed by atoms with Gasteiger partial charge in [-0.25, -0.2) is 9.18 Å². The maximum Gasteiger partial charge on any atom is 0.406 e. The number of halogens is 1. The summed E-state index contributed by atoms with van der Waals surface area (Å²) in [6.45, 7) is 3.87. The van der Waals surface area contributed by atoms with E-state index in [1.54, 1.807) is 12.1 Å². The first kappa shape index (κ1) is 19.3. The molecule has 2 heterocycles. The molecule has 0 radical (unpaired) electrons. The number of methoxy groups -OCH3 is 1. The maximum atomic E-state index is 13.2. The molecule has 1 atom stereocenters. The molecule has 2 aliphatic rings. The molecule has 8 heteroatoms. The number of piperazine rings is 1. The lowest BCUT2D eigenvalue weighted by atomic mass is 10.0. The van der Waals surface area contributed by atoms with E-state index < -0.39 is 6.09 Å². The zero-order chi connectivity index (χ0) is 20.2. The predicted octanol–water partition coefficient (Wildman–Crippen LogP) is 2.77. The van der Waals surface area contributed by atoms with Crippen molar-refractivity contribution in [1.82, 2.24) is 10.2 Å². The first-order chi connectivity index (χ1) is 14.1. The monoisotopic (exact) mass is 401 g/mol. The van der Waals surface area contributed by atoms with Crippen LogP contribution in [0.3, 0.4) is 0 Å². The number of nitrogens with zero attached hydrogens (tertiary/aromatic N) is 2. The smallest absolute Gasteiger partial charge is 0.406 e. The van der Waals surface area contributed by atoms with Gasteiger partial charge in [-0.2, -0.15) is 0 Å². The van der Waals surface area contributed by atoms with Gasteiger partial charge in [0.15, 0.2) is 11.5 Å². The van der Waals surface area contributed by atoms with E-state index in [9.17, 15) is 9.18 Å². The minimum Gasteiger partial charge on any atom is -0.454 e. The van der Waals surface area contributed by atoms with Gasteiger partial charge in [-0.15, -0.1) is 0 Å². The minimum atomic E-state index is -0.458. The molecule has 0 saturated carbocycles. The van der Waals surface area contributed by atoms with Gasteiger partial charge in [0.2, 0.25) is 6.79 Å². The third-order valence-corrected chi connectivity index (χ3v) is 5.35. The fraction of sp³-hybridized carbons (Fsp3) is 0.381. The van der Waals surface area contributed by atoms with Crippen LogP contribution in [0.1, 0.15) is 11.6 Å². The second-order valence-electron chi connectivity index (χ2n) is 7.00. The van der Waals surface area contributed by atoms with Crippen LogP contribution in [0.15, 0.2) is 42.5 Å². The van der Waals surface area contributed by atoms with Gasteiger partial charge in [-0.3, -0.25) is 4.90 Å². The number of alkyl carbamates (subject to hydrolysis) is 1. The summed E-state index contributed by atoms with van der Waals surface area (Å²) in [5.41, 5.74) is 2.05. The molecule has 0 aromatic heterocycles. The van der Waals surface area contributed by atoms with Crippen molar-refractivity contribution in [2.24, 2.45) is 0 Å². The number of benzene rings is 2. The summed E-state index contributed by atoms with van der Waals surface area (Å²) in [6, 6.07) is 12.4. The van der Waals surface area contributed by atoms with Crippen molar-refractivity contribution in [3.05, 3.63) is 53.8 Å². The van der Waals surface area contributed by atoms with Crippen molar-refractivity contribution >= 4 is 11.8 Å². The highest BCUT2D eigenvalue weighted by Crippen LogP contribution is 2.35. The minimum absolute atomic E-state index is 0.0287. The number of nitrogens with one attached hydrogen (secondary N) is 1. The molecule has 2 aliphatic heterocycles. The van der Waals surface area contributed by atoms with Gasteiger partial charge < -0.3 is 24.4 Å². The summed E-state index contributed by atoms with van der Waals surface area (Å²) >= 11 is 0. The van der Waals surface area contributed by atoms with Gasteiger partial charge in [0.1, 0.15) is 5.82 Å². The Balaban J connectivity index is 1.48. The topological polar surface area (TPSA) is 63.3 Å². The first-order valence-corrected chi connectivity index (χ1v) is 9.60. The molecule has 0 spiro atoms. The summed E-state index contributed by atoms with van der Waals surface area (Å²) in [4.78, 5) is 16.2. The van der Waals surface area contributed by atoms with E-state index in [1.165, 1.54) is 19.2 Å². The average molecular weight is 401 g/mol. The summed E-state index contributed by atoms with van der Waals surface area (Å²) in [6.07, 6.45) is -0.458. The van der Waals surface area contributed by atoms with E-state index in [-0.39, 0.29) is 18.7 Å². The quantitative estimate of drug-likeness (QED) is 0.831. The SMILES string of the molecule is COC(=O)NCC(c1ccc2c(c1)OCO2)N1CCN(c2ccc(F)cc2)CC1. The van der Waals surface area contributed by atoms with Gasteiger partial charge in [0.05, 0.1) is 13.2 Å². The highest BCUT2D eigenvalue weighted by molar-refractivity contribution is 5.67. The molecule has 1 N–H and O–H groups in total. The average Bonchev–Trinajstić information content (AvgIpc) is 3.23. The molecule has 1 saturated heterocycles. The van der Waals surface area contributed by atoms with Crippen molar-refractivity contribution in [2.45, 2.75) is 6.04 Å². The van der Waals surface area contributed by atoms with Crippen LogP contribution in [0, 0.1) is 5.82 Å². The van der Waals surface area contributed by atoms with Crippen LogP contribution in [0.4, 0.5) is 14.9 Å². The number of anilines is 1. The fourth-order valence-corrected chi connectivity index (χ4v) is 3.77. The lowest BCUT2D eigenvalue weighted by Crippen LogP contribution is -2.50. The van der Waals surface area contributed by atoms with Gasteiger partial charge in [0.25, 0.3) is 0 Å². The highest BCUT2D eigenvalue weighted by Gasteiger charge is 2.27. The summed E-state index contributed by atoms with van der Waals surface area (Å²) in [5.74, 6) is 1.22. The Hall–Kier alpha value is -3.00. The van der Waals surface area contributed by atoms with E-state index in [1.807, 2.05) is 18.2 Å². The maximum absolute atomic E-state index is 13.2. The van der Waals surface area contributed by atoms with Crippen LogP contribution in [0.5, 0.6) is 11.5 Å². The normalized spacial score (nSPS) is 17.1. The van der Waals surface area contributed by atoms with Crippen LogP contribution < -0.4 is 19.7 Å². The number of ether oxygens (including phenoxy) is 3. The Bertz CT molecular complexity index is 854. The van der Waals surface area contributed by atoms with Gasteiger partial charge in [0, 0.05) is 38.4 Å². The van der Waals surface area contributed by atoms with E-state index in [4.69, 9.17) is 14.2 Å². The number of hydrogen-bond acceptors (Lipinski definition) is 6. The molecule has 2 aromatic rings. The lowest BCUT2D eigenvalue weighted by molar-refractivity contribution is 0.154. The van der Waals surface area contributed by atoms with Crippen molar-refractivity contribution < 1.29 is 23.4 Å². The largest absolute Gasteiger partial charge is 0.454 e. The summed E-state index contributed by atoms with van der Waals surface area (Å²) in [5, 5.41) is 2.81. The molecular weight excluding hydrogens is 377 g/mol. The molecular formula is C21H24FN3O4. The Morgan fingerprint density at radius 2 is 1.83 bits per heavy atom. The Morgan fingerprint density at radius 3 is 2.55 bits per heavy atom. The summed E-state index contributed by atoms with van der Waals surface area (Å²) in [7, 11) is 1.35. The van der Waals surface area contributed by atoms with E-state index in [0.717, 1.165) is 48.9 Å². The zero-order valence-electron chi connectivity index (χ0n) is 16.3. The fourth-order valence-electron chi connectivity index (χ4n) is 3.77. The Kier molecular flexibility index (Phi) is 5.71. The number of rotatable bonds is 5. The number of carbonyl (C=O) groups excluding carboxylic acids is 1. The predicted molar refractivity (Wildman–Crippen MR) is 106 cm³/mol. The molecule has 7 nitrogen and oxygen atoms in total. The second kappa shape index (κ2) is 8.57. The Labute approximate surface area is 168 Å². The van der Waals surface area contributed by atoms with E-state index in [2.05, 4.69) is 15.1 Å². The second-order valence-corrected chi connectivity index (χ2v) is 7.00. The zero-order valence-corrected chi connectivity index (χ0v) is 16.3. The van der Waals surface area contributed by atoms with Crippen LogP contribution in [-0.2, 0) is 4.74 Å². The van der Waals surface area contributed by atoms with Crippen LogP contribution in [-0.4, -0.2) is 57.6 Å². The van der Waals surface area contributed by atoms with Crippen molar-refractivity contribution in [3.8, 4) is 11.5 Å². The standard InChI is InChI=1S/C21H24FN3O4/c1-27-21(26)23-13-18(15-2-7-19-20(12-15)29-14-28-19)25-10-8-24(9-11-25)17-5-3-16(22)4-6-17/h2-7,12,18H,8-11,13-14H2,1H3,(H,23,26).